The summed E-state index contributed by atoms with van der Waals surface area (Å²) in [7, 11) is 0. The molecule has 1 fully saturated rings. The summed E-state index contributed by atoms with van der Waals surface area (Å²) in [5.74, 6) is 1.14. The number of fused-ring (bicyclic) bond motifs is 1. The first-order valence-corrected chi connectivity index (χ1v) is 10.4. The zero-order chi connectivity index (χ0) is 19.6. The van der Waals surface area contributed by atoms with E-state index < -0.39 is 0 Å². The third-order valence-electron chi connectivity index (χ3n) is 5.28. The molecule has 28 heavy (non-hydrogen) atoms. The van der Waals surface area contributed by atoms with E-state index in [9.17, 15) is 9.59 Å². The standard InChI is InChI=1S/C23H30N2O3/c26-22(24-15-16-25-23(27)19-9-2-1-3-10-19)14-7-17-28-21-13-6-11-18-8-4-5-12-20(18)21/h4-6,8,11-13,19H,1-3,7,9-10,14-17H2,(H,24,26)(H,25,27). The van der Waals surface area contributed by atoms with Gasteiger partial charge in [-0.2, -0.15) is 0 Å². The second-order valence-electron chi connectivity index (χ2n) is 7.41. The average Bonchev–Trinajstić information content (AvgIpc) is 2.75. The molecule has 2 aromatic carbocycles. The van der Waals surface area contributed by atoms with Crippen molar-refractivity contribution in [3.8, 4) is 5.75 Å². The van der Waals surface area contributed by atoms with Crippen molar-refractivity contribution >= 4 is 22.6 Å². The molecule has 0 unspecified atom stereocenters. The van der Waals surface area contributed by atoms with Gasteiger partial charge in [-0.1, -0.05) is 55.7 Å². The summed E-state index contributed by atoms with van der Waals surface area (Å²) in [5, 5.41) is 8.03. The molecule has 1 saturated carbocycles. The number of nitrogens with one attached hydrogen (secondary N) is 2. The molecule has 0 saturated heterocycles. The molecule has 5 nitrogen and oxygen atoms in total. The summed E-state index contributed by atoms with van der Waals surface area (Å²) in [6.07, 6.45) is 6.60. The maximum atomic E-state index is 12.0. The highest BCUT2D eigenvalue weighted by Gasteiger charge is 2.20. The Bertz CT molecular complexity index is 779. The Kier molecular flexibility index (Phi) is 7.71. The number of hydrogen-bond acceptors (Lipinski definition) is 3. The third kappa shape index (κ3) is 5.98. The molecule has 1 aliphatic carbocycles. The molecule has 3 rings (SSSR count). The van der Waals surface area contributed by atoms with Crippen molar-refractivity contribution in [3.05, 3.63) is 42.5 Å². The van der Waals surface area contributed by atoms with Crippen LogP contribution in [0.1, 0.15) is 44.9 Å². The first-order valence-electron chi connectivity index (χ1n) is 10.4. The molecule has 0 spiro atoms. The number of hydrogen-bond donors (Lipinski definition) is 2. The Labute approximate surface area is 166 Å². The molecule has 0 atom stereocenters. The van der Waals surface area contributed by atoms with Crippen LogP contribution in [0.2, 0.25) is 0 Å². The van der Waals surface area contributed by atoms with E-state index in [0.717, 1.165) is 42.2 Å². The highest BCUT2D eigenvalue weighted by molar-refractivity contribution is 5.88. The van der Waals surface area contributed by atoms with Crippen molar-refractivity contribution in [2.75, 3.05) is 19.7 Å². The highest BCUT2D eigenvalue weighted by Crippen LogP contribution is 2.25. The zero-order valence-corrected chi connectivity index (χ0v) is 16.4. The van der Waals surface area contributed by atoms with Gasteiger partial charge >= 0.3 is 0 Å². The van der Waals surface area contributed by atoms with E-state index in [1.807, 2.05) is 30.3 Å². The van der Waals surface area contributed by atoms with Gasteiger partial charge in [0.1, 0.15) is 5.75 Å². The quantitative estimate of drug-likeness (QED) is 0.648. The first-order chi connectivity index (χ1) is 13.7. The van der Waals surface area contributed by atoms with Crippen LogP contribution in [-0.4, -0.2) is 31.5 Å². The lowest BCUT2D eigenvalue weighted by Gasteiger charge is -2.20. The number of carbonyl (C=O) groups is 2. The van der Waals surface area contributed by atoms with Gasteiger partial charge in [0, 0.05) is 30.8 Å². The van der Waals surface area contributed by atoms with Gasteiger partial charge in [-0.25, -0.2) is 0 Å². The Morgan fingerprint density at radius 2 is 1.68 bits per heavy atom. The van der Waals surface area contributed by atoms with Gasteiger partial charge in [0.05, 0.1) is 6.61 Å². The number of ether oxygens (including phenoxy) is 1. The van der Waals surface area contributed by atoms with Gasteiger partial charge in [-0.15, -0.1) is 0 Å². The smallest absolute Gasteiger partial charge is 0.223 e. The fourth-order valence-corrected chi connectivity index (χ4v) is 3.72. The minimum absolute atomic E-state index is 0.00608. The van der Waals surface area contributed by atoms with Crippen molar-refractivity contribution in [2.24, 2.45) is 5.92 Å². The summed E-state index contributed by atoms with van der Waals surface area (Å²) in [6.45, 7) is 1.47. The molecule has 150 valence electrons. The van der Waals surface area contributed by atoms with Gasteiger partial charge in [-0.05, 0) is 30.7 Å². The van der Waals surface area contributed by atoms with Crippen LogP contribution in [-0.2, 0) is 9.59 Å². The highest BCUT2D eigenvalue weighted by atomic mass is 16.5. The second kappa shape index (κ2) is 10.7. The van der Waals surface area contributed by atoms with Gasteiger partial charge in [0.15, 0.2) is 0 Å². The molecule has 0 aliphatic heterocycles. The summed E-state index contributed by atoms with van der Waals surface area (Å²) in [4.78, 5) is 24.0. The molecule has 1 aliphatic rings. The van der Waals surface area contributed by atoms with Crippen LogP contribution in [0.3, 0.4) is 0 Å². The summed E-state index contributed by atoms with van der Waals surface area (Å²) >= 11 is 0. The van der Waals surface area contributed by atoms with Gasteiger partial charge in [-0.3, -0.25) is 9.59 Å². The Morgan fingerprint density at radius 3 is 2.54 bits per heavy atom. The van der Waals surface area contributed by atoms with Crippen LogP contribution in [0.4, 0.5) is 0 Å². The molecule has 0 aromatic heterocycles. The minimum atomic E-state index is -0.00608. The van der Waals surface area contributed by atoms with Crippen LogP contribution < -0.4 is 15.4 Å². The van der Waals surface area contributed by atoms with Crippen molar-refractivity contribution in [1.82, 2.24) is 10.6 Å². The predicted octanol–water partition coefficient (Wildman–Crippen LogP) is 3.81. The summed E-state index contributed by atoms with van der Waals surface area (Å²) in [6, 6.07) is 14.1. The lowest BCUT2D eigenvalue weighted by Crippen LogP contribution is -2.38. The molecular weight excluding hydrogens is 352 g/mol. The van der Waals surface area contributed by atoms with E-state index >= 15 is 0 Å². The maximum absolute atomic E-state index is 12.0. The fourth-order valence-electron chi connectivity index (χ4n) is 3.72. The van der Waals surface area contributed by atoms with Crippen LogP contribution in [0.25, 0.3) is 10.8 Å². The summed E-state index contributed by atoms with van der Waals surface area (Å²) in [5.41, 5.74) is 0. The van der Waals surface area contributed by atoms with Crippen molar-refractivity contribution < 1.29 is 14.3 Å². The molecule has 2 N–H and O–H groups in total. The Morgan fingerprint density at radius 1 is 0.929 bits per heavy atom. The van der Waals surface area contributed by atoms with Crippen LogP contribution in [0.5, 0.6) is 5.75 Å². The zero-order valence-electron chi connectivity index (χ0n) is 16.4. The Hall–Kier alpha value is -2.56. The van der Waals surface area contributed by atoms with E-state index in [1.165, 1.54) is 6.42 Å². The fraction of sp³-hybridized carbons (Fsp3) is 0.478. The number of carbonyl (C=O) groups excluding carboxylic acids is 2. The molecule has 2 amide bonds. The van der Waals surface area contributed by atoms with Crippen molar-refractivity contribution in [1.29, 1.82) is 0 Å². The molecule has 5 heteroatoms. The first kappa shape index (κ1) is 20.2. The van der Waals surface area contributed by atoms with Gasteiger partial charge in [0.25, 0.3) is 0 Å². The lowest BCUT2D eigenvalue weighted by molar-refractivity contribution is -0.126. The maximum Gasteiger partial charge on any atom is 0.223 e. The van der Waals surface area contributed by atoms with E-state index in [1.54, 1.807) is 0 Å². The van der Waals surface area contributed by atoms with E-state index in [-0.39, 0.29) is 17.7 Å². The van der Waals surface area contributed by atoms with E-state index in [0.29, 0.717) is 32.5 Å². The van der Waals surface area contributed by atoms with Crippen LogP contribution >= 0.6 is 0 Å². The van der Waals surface area contributed by atoms with Crippen molar-refractivity contribution in [2.45, 2.75) is 44.9 Å². The van der Waals surface area contributed by atoms with Crippen LogP contribution in [0, 0.1) is 5.92 Å². The van der Waals surface area contributed by atoms with Crippen molar-refractivity contribution in [3.63, 3.8) is 0 Å². The normalized spacial score (nSPS) is 14.6. The molecule has 0 radical (unpaired) electrons. The number of rotatable bonds is 9. The second-order valence-corrected chi connectivity index (χ2v) is 7.41. The molecule has 0 heterocycles. The van der Waals surface area contributed by atoms with Gasteiger partial charge < -0.3 is 15.4 Å². The minimum Gasteiger partial charge on any atom is -0.493 e. The molecule has 2 aromatic rings. The van der Waals surface area contributed by atoms with Gasteiger partial charge in [0.2, 0.25) is 11.8 Å². The Balaban J connectivity index is 1.28. The van der Waals surface area contributed by atoms with E-state index in [2.05, 4.69) is 22.8 Å². The topological polar surface area (TPSA) is 67.4 Å². The monoisotopic (exact) mass is 382 g/mol. The van der Waals surface area contributed by atoms with E-state index in [4.69, 9.17) is 4.74 Å². The lowest BCUT2D eigenvalue weighted by atomic mass is 9.89. The summed E-state index contributed by atoms with van der Waals surface area (Å²) < 4.78 is 5.86. The third-order valence-corrected chi connectivity index (χ3v) is 5.28. The predicted molar refractivity (Wildman–Crippen MR) is 111 cm³/mol. The SMILES string of the molecule is O=C(CCCOc1cccc2ccccc12)NCCNC(=O)C1CCCCC1. The average molecular weight is 383 g/mol. The molecular formula is C23H30N2O3. The van der Waals surface area contributed by atoms with Crippen LogP contribution in [0.15, 0.2) is 42.5 Å². The largest absolute Gasteiger partial charge is 0.493 e. The molecule has 0 bridgehead atoms. The number of amides is 2. The number of benzene rings is 2.